The maximum absolute atomic E-state index is 5.03. The predicted molar refractivity (Wildman–Crippen MR) is 92.5 cm³/mol. The number of imidazole rings is 1. The zero-order chi connectivity index (χ0) is 15.8. The van der Waals surface area contributed by atoms with Crippen LogP contribution in [0.15, 0.2) is 18.3 Å². The first kappa shape index (κ1) is 15.1. The summed E-state index contributed by atoms with van der Waals surface area (Å²) < 4.78 is 2.48. The van der Waals surface area contributed by atoms with Gasteiger partial charge in [0.25, 0.3) is 0 Å². The number of pyridine rings is 1. The van der Waals surface area contributed by atoms with Gasteiger partial charge in [-0.05, 0) is 51.0 Å². The summed E-state index contributed by atoms with van der Waals surface area (Å²) >= 11 is 0. The largest absolute Gasteiger partial charge is 0.307 e. The number of fused-ring (bicyclic) bond motifs is 1. The molecule has 124 valence electrons. The van der Waals surface area contributed by atoms with Gasteiger partial charge in [0.05, 0.1) is 12.1 Å². The Labute approximate surface area is 138 Å². The molecule has 5 nitrogen and oxygen atoms in total. The molecule has 0 aliphatic carbocycles. The van der Waals surface area contributed by atoms with E-state index < -0.39 is 0 Å². The van der Waals surface area contributed by atoms with Crippen molar-refractivity contribution in [3.8, 4) is 0 Å². The molecule has 0 amide bonds. The Kier molecular flexibility index (Phi) is 4.07. The van der Waals surface area contributed by atoms with Crippen molar-refractivity contribution >= 4 is 11.2 Å². The van der Waals surface area contributed by atoms with Gasteiger partial charge in [-0.1, -0.05) is 13.8 Å². The lowest BCUT2D eigenvalue weighted by Gasteiger charge is -2.25. The Bertz CT molecular complexity index is 679. The number of likely N-dealkylation sites (tertiary alicyclic amines) is 2. The summed E-state index contributed by atoms with van der Waals surface area (Å²) in [5.74, 6) is 1.25. The van der Waals surface area contributed by atoms with Crippen LogP contribution in [-0.2, 0) is 0 Å². The van der Waals surface area contributed by atoms with Crippen LogP contribution >= 0.6 is 0 Å². The van der Waals surface area contributed by atoms with Crippen molar-refractivity contribution in [2.24, 2.45) is 0 Å². The number of rotatable bonds is 4. The van der Waals surface area contributed by atoms with E-state index in [1.807, 2.05) is 12.3 Å². The second kappa shape index (κ2) is 6.21. The van der Waals surface area contributed by atoms with Crippen LogP contribution in [0.2, 0.25) is 0 Å². The van der Waals surface area contributed by atoms with Gasteiger partial charge < -0.3 is 9.47 Å². The fraction of sp³-hybridized carbons (Fsp3) is 0.667. The van der Waals surface area contributed by atoms with Crippen LogP contribution in [0.4, 0.5) is 0 Å². The molecule has 0 aromatic carbocycles. The fourth-order valence-electron chi connectivity index (χ4n) is 4.35. The zero-order valence-corrected chi connectivity index (χ0v) is 14.3. The Hall–Kier alpha value is -1.46. The van der Waals surface area contributed by atoms with Gasteiger partial charge in [0, 0.05) is 19.3 Å². The van der Waals surface area contributed by atoms with Crippen molar-refractivity contribution < 1.29 is 0 Å². The standard InChI is InChI=1S/C18H27N5/c1-3-21-12-9-14(13-21)23-17-15(7-5-10-19-17)20-18(23)16-8-6-11-22(16)4-2/h5,7,10,14,16H,3-4,6,8-9,11-13H2,1-2H3. The number of hydrogen-bond acceptors (Lipinski definition) is 4. The van der Waals surface area contributed by atoms with Crippen LogP contribution in [0.25, 0.3) is 11.2 Å². The van der Waals surface area contributed by atoms with Crippen molar-refractivity contribution in [2.75, 3.05) is 32.7 Å². The van der Waals surface area contributed by atoms with E-state index in [1.54, 1.807) is 0 Å². The predicted octanol–water partition coefficient (Wildman–Crippen LogP) is 2.85. The molecule has 2 aromatic heterocycles. The van der Waals surface area contributed by atoms with Crippen LogP contribution < -0.4 is 0 Å². The maximum atomic E-state index is 5.03. The minimum Gasteiger partial charge on any atom is -0.307 e. The van der Waals surface area contributed by atoms with Gasteiger partial charge >= 0.3 is 0 Å². The lowest BCUT2D eigenvalue weighted by atomic mass is 10.2. The molecule has 2 aromatic rings. The molecule has 2 aliphatic heterocycles. The molecule has 2 atom stereocenters. The topological polar surface area (TPSA) is 37.2 Å². The fourth-order valence-corrected chi connectivity index (χ4v) is 4.35. The van der Waals surface area contributed by atoms with Gasteiger partial charge in [-0.2, -0.15) is 0 Å². The molecule has 4 heterocycles. The molecule has 4 rings (SSSR count). The van der Waals surface area contributed by atoms with Crippen molar-refractivity contribution in [2.45, 2.75) is 45.2 Å². The van der Waals surface area contributed by atoms with Crippen LogP contribution in [0, 0.1) is 0 Å². The van der Waals surface area contributed by atoms with E-state index in [-0.39, 0.29) is 0 Å². The number of likely N-dealkylation sites (N-methyl/N-ethyl adjacent to an activating group) is 1. The first-order valence-corrected chi connectivity index (χ1v) is 9.11. The third-order valence-electron chi connectivity index (χ3n) is 5.60. The molecule has 0 bridgehead atoms. The monoisotopic (exact) mass is 313 g/mol. The van der Waals surface area contributed by atoms with Crippen LogP contribution in [0.5, 0.6) is 0 Å². The Balaban J connectivity index is 1.79. The van der Waals surface area contributed by atoms with Crippen LogP contribution in [-0.4, -0.2) is 57.1 Å². The molecule has 2 fully saturated rings. The maximum Gasteiger partial charge on any atom is 0.160 e. The summed E-state index contributed by atoms with van der Waals surface area (Å²) in [6.45, 7) is 10.3. The minimum absolute atomic E-state index is 0.463. The minimum atomic E-state index is 0.463. The summed E-state index contributed by atoms with van der Waals surface area (Å²) in [4.78, 5) is 14.8. The number of aromatic nitrogens is 3. The van der Waals surface area contributed by atoms with E-state index >= 15 is 0 Å². The van der Waals surface area contributed by atoms with E-state index in [4.69, 9.17) is 4.98 Å². The molecule has 0 saturated carbocycles. The molecular formula is C18H27N5. The van der Waals surface area contributed by atoms with Crippen LogP contribution in [0.3, 0.4) is 0 Å². The quantitative estimate of drug-likeness (QED) is 0.870. The highest BCUT2D eigenvalue weighted by Gasteiger charge is 2.33. The van der Waals surface area contributed by atoms with Crippen molar-refractivity contribution in [3.05, 3.63) is 24.2 Å². The molecule has 0 N–H and O–H groups in total. The van der Waals surface area contributed by atoms with Gasteiger partial charge in [-0.25, -0.2) is 9.97 Å². The van der Waals surface area contributed by atoms with Gasteiger partial charge in [-0.15, -0.1) is 0 Å². The summed E-state index contributed by atoms with van der Waals surface area (Å²) in [6, 6.07) is 5.09. The summed E-state index contributed by atoms with van der Waals surface area (Å²) in [7, 11) is 0. The molecule has 2 unspecified atom stereocenters. The normalized spacial score (nSPS) is 26.5. The van der Waals surface area contributed by atoms with Gasteiger partial charge in [-0.3, -0.25) is 4.90 Å². The highest BCUT2D eigenvalue weighted by molar-refractivity contribution is 5.71. The van der Waals surface area contributed by atoms with E-state index in [9.17, 15) is 0 Å². The molecular weight excluding hydrogens is 286 g/mol. The Morgan fingerprint density at radius 2 is 2.09 bits per heavy atom. The lowest BCUT2D eigenvalue weighted by molar-refractivity contribution is 0.252. The summed E-state index contributed by atoms with van der Waals surface area (Å²) in [5, 5.41) is 0. The average molecular weight is 313 g/mol. The van der Waals surface area contributed by atoms with E-state index in [2.05, 4.69) is 39.3 Å². The van der Waals surface area contributed by atoms with Gasteiger partial charge in [0.2, 0.25) is 0 Å². The second-order valence-corrected chi connectivity index (χ2v) is 6.81. The molecule has 2 aliphatic rings. The first-order valence-electron chi connectivity index (χ1n) is 9.11. The van der Waals surface area contributed by atoms with E-state index in [1.165, 1.54) is 38.2 Å². The van der Waals surface area contributed by atoms with E-state index in [0.29, 0.717) is 12.1 Å². The van der Waals surface area contributed by atoms with Crippen LogP contribution in [0.1, 0.15) is 51.0 Å². The second-order valence-electron chi connectivity index (χ2n) is 6.81. The first-order chi connectivity index (χ1) is 11.3. The van der Waals surface area contributed by atoms with Crippen molar-refractivity contribution in [3.63, 3.8) is 0 Å². The highest BCUT2D eigenvalue weighted by atomic mass is 15.3. The average Bonchev–Trinajstić information content (AvgIpc) is 3.30. The molecule has 0 spiro atoms. The van der Waals surface area contributed by atoms with Gasteiger partial charge in [0.1, 0.15) is 11.3 Å². The number of hydrogen-bond donors (Lipinski definition) is 0. The summed E-state index contributed by atoms with van der Waals surface area (Å²) in [5.41, 5.74) is 2.13. The van der Waals surface area contributed by atoms with Crippen molar-refractivity contribution in [1.82, 2.24) is 24.3 Å². The highest BCUT2D eigenvalue weighted by Crippen LogP contribution is 2.36. The SMILES string of the molecule is CCN1CCC(n2c(C3CCCN3CC)nc3cccnc32)C1. The summed E-state index contributed by atoms with van der Waals surface area (Å²) in [6.07, 6.45) is 5.62. The number of nitrogens with zero attached hydrogens (tertiary/aromatic N) is 5. The molecule has 2 saturated heterocycles. The Morgan fingerprint density at radius 3 is 2.87 bits per heavy atom. The molecule has 23 heavy (non-hydrogen) atoms. The molecule has 0 radical (unpaired) electrons. The third-order valence-corrected chi connectivity index (χ3v) is 5.60. The smallest absolute Gasteiger partial charge is 0.160 e. The van der Waals surface area contributed by atoms with Crippen molar-refractivity contribution in [1.29, 1.82) is 0 Å². The lowest BCUT2D eigenvalue weighted by Crippen LogP contribution is -2.27. The zero-order valence-electron chi connectivity index (χ0n) is 14.3. The van der Waals surface area contributed by atoms with E-state index in [0.717, 1.165) is 30.8 Å². The molecule has 5 heteroatoms. The third kappa shape index (κ3) is 2.56. The van der Waals surface area contributed by atoms with Gasteiger partial charge in [0.15, 0.2) is 5.65 Å². The Morgan fingerprint density at radius 1 is 1.17 bits per heavy atom.